The van der Waals surface area contributed by atoms with Crippen molar-refractivity contribution < 1.29 is 18.5 Å². The lowest BCUT2D eigenvalue weighted by molar-refractivity contribution is -0.114. The SMILES string of the molecule is C=CC(=O)N1CCc2c(Nc3nc(Nc4ccc(OCCOC)cc4)ncc3S(C)=O)cccc21. The smallest absolute Gasteiger partial charge is 0.250 e. The molecule has 9 nitrogen and oxygen atoms in total. The second kappa shape index (κ2) is 11.1. The number of hydrogen-bond acceptors (Lipinski definition) is 8. The fraction of sp³-hybridized carbons (Fsp3) is 0.240. The van der Waals surface area contributed by atoms with Crippen LogP contribution in [-0.4, -0.2) is 53.2 Å². The molecule has 0 radical (unpaired) electrons. The van der Waals surface area contributed by atoms with E-state index in [9.17, 15) is 9.00 Å². The van der Waals surface area contributed by atoms with E-state index in [4.69, 9.17) is 9.47 Å². The fourth-order valence-corrected chi connectivity index (χ4v) is 4.33. The summed E-state index contributed by atoms with van der Waals surface area (Å²) in [5, 5.41) is 6.48. The number of methoxy groups -OCH3 is 1. The van der Waals surface area contributed by atoms with Crippen LogP contribution < -0.4 is 20.3 Å². The Hall–Kier alpha value is -3.76. The molecule has 3 aromatic rings. The molecule has 1 aliphatic rings. The van der Waals surface area contributed by atoms with Gasteiger partial charge in [0.2, 0.25) is 11.9 Å². The average molecular weight is 494 g/mol. The summed E-state index contributed by atoms with van der Waals surface area (Å²) >= 11 is 0. The summed E-state index contributed by atoms with van der Waals surface area (Å²) < 4.78 is 22.9. The third-order valence-corrected chi connectivity index (χ3v) is 6.37. The Balaban J connectivity index is 1.56. The molecule has 10 heteroatoms. The number of carbonyl (C=O) groups excluding carboxylic acids is 1. The van der Waals surface area contributed by atoms with Crippen LogP contribution in [0, 0.1) is 0 Å². The van der Waals surface area contributed by atoms with E-state index in [2.05, 4.69) is 27.2 Å². The van der Waals surface area contributed by atoms with Gasteiger partial charge in [0.25, 0.3) is 0 Å². The van der Waals surface area contributed by atoms with Gasteiger partial charge in [0.15, 0.2) is 5.82 Å². The van der Waals surface area contributed by atoms with Crippen molar-refractivity contribution >= 4 is 45.5 Å². The first-order valence-corrected chi connectivity index (χ1v) is 12.6. The second-order valence-electron chi connectivity index (χ2n) is 7.72. The normalized spacial score (nSPS) is 13.1. The van der Waals surface area contributed by atoms with Gasteiger partial charge in [-0.3, -0.25) is 9.00 Å². The quantitative estimate of drug-likeness (QED) is 0.325. The molecule has 0 aliphatic carbocycles. The summed E-state index contributed by atoms with van der Waals surface area (Å²) in [5.74, 6) is 1.38. The standard InChI is InChI=1S/C25H27N5O4S/c1-4-23(31)30-13-12-19-20(6-5-7-21(19)30)28-24-22(35(3)32)16-26-25(29-24)27-17-8-10-18(11-9-17)34-15-14-33-2/h4-11,16H,1,12-15H2,2-3H3,(H2,26,27,28,29). The van der Waals surface area contributed by atoms with Crippen molar-refractivity contribution in [1.29, 1.82) is 0 Å². The number of carbonyl (C=O) groups is 1. The molecule has 1 unspecified atom stereocenters. The molecule has 0 bridgehead atoms. The number of aromatic nitrogens is 2. The number of nitrogens with one attached hydrogen (secondary N) is 2. The van der Waals surface area contributed by atoms with Crippen LogP contribution in [0.15, 0.2) is 66.2 Å². The summed E-state index contributed by atoms with van der Waals surface area (Å²) in [6, 6.07) is 13.1. The van der Waals surface area contributed by atoms with E-state index in [1.54, 1.807) is 24.5 Å². The number of fused-ring (bicyclic) bond motifs is 1. The maximum Gasteiger partial charge on any atom is 0.250 e. The molecular weight excluding hydrogens is 466 g/mol. The Morgan fingerprint density at radius 1 is 1.20 bits per heavy atom. The summed E-state index contributed by atoms with van der Waals surface area (Å²) in [4.78, 5) is 23.3. The molecule has 2 aromatic carbocycles. The van der Waals surface area contributed by atoms with Gasteiger partial charge in [0, 0.05) is 42.5 Å². The molecule has 0 saturated heterocycles. The van der Waals surface area contributed by atoms with Gasteiger partial charge >= 0.3 is 0 Å². The summed E-state index contributed by atoms with van der Waals surface area (Å²) in [6.07, 6.45) is 5.14. The van der Waals surface area contributed by atoms with Gasteiger partial charge in [-0.1, -0.05) is 12.6 Å². The van der Waals surface area contributed by atoms with Gasteiger partial charge in [0.1, 0.15) is 12.4 Å². The van der Waals surface area contributed by atoms with Gasteiger partial charge in [0.05, 0.1) is 28.5 Å². The minimum atomic E-state index is -1.31. The third-order valence-electron chi connectivity index (χ3n) is 5.45. The molecule has 1 atom stereocenters. The van der Waals surface area contributed by atoms with Crippen molar-refractivity contribution in [2.24, 2.45) is 0 Å². The predicted molar refractivity (Wildman–Crippen MR) is 137 cm³/mol. The van der Waals surface area contributed by atoms with E-state index in [0.29, 0.717) is 42.8 Å². The molecule has 182 valence electrons. The number of nitrogens with zero attached hydrogens (tertiary/aromatic N) is 3. The predicted octanol–water partition coefficient (Wildman–Crippen LogP) is 3.80. The first-order valence-electron chi connectivity index (χ1n) is 11.0. The highest BCUT2D eigenvalue weighted by atomic mass is 32.2. The lowest BCUT2D eigenvalue weighted by atomic mass is 10.1. The topological polar surface area (TPSA) is 106 Å². The molecule has 2 N–H and O–H groups in total. The molecular formula is C25H27N5O4S. The van der Waals surface area contributed by atoms with Gasteiger partial charge in [-0.15, -0.1) is 0 Å². The lowest BCUT2D eigenvalue weighted by Crippen LogP contribution is -2.26. The van der Waals surface area contributed by atoms with Crippen LogP contribution in [0.3, 0.4) is 0 Å². The maximum atomic E-state index is 12.4. The van der Waals surface area contributed by atoms with Crippen molar-refractivity contribution in [1.82, 2.24) is 9.97 Å². The minimum absolute atomic E-state index is 0.139. The molecule has 1 aromatic heterocycles. The third kappa shape index (κ3) is 5.67. The number of anilines is 5. The first-order chi connectivity index (χ1) is 17.0. The van der Waals surface area contributed by atoms with Crippen molar-refractivity contribution in [2.75, 3.05) is 48.7 Å². The minimum Gasteiger partial charge on any atom is -0.491 e. The Labute approximate surface area is 206 Å². The number of hydrogen-bond donors (Lipinski definition) is 2. The van der Waals surface area contributed by atoms with E-state index in [1.807, 2.05) is 42.5 Å². The summed E-state index contributed by atoms with van der Waals surface area (Å²) in [7, 11) is 0.317. The number of ether oxygens (including phenoxy) is 2. The van der Waals surface area contributed by atoms with Crippen LogP contribution in [0.5, 0.6) is 5.75 Å². The second-order valence-corrected chi connectivity index (χ2v) is 9.07. The van der Waals surface area contributed by atoms with Crippen molar-refractivity contribution in [2.45, 2.75) is 11.3 Å². The highest BCUT2D eigenvalue weighted by molar-refractivity contribution is 7.84. The first kappa shape index (κ1) is 24.4. The fourth-order valence-electron chi connectivity index (χ4n) is 3.76. The van der Waals surface area contributed by atoms with Crippen LogP contribution in [0.4, 0.5) is 28.8 Å². The molecule has 1 amide bonds. The molecule has 0 saturated carbocycles. The molecule has 0 fully saturated rings. The summed E-state index contributed by atoms with van der Waals surface area (Å²) in [5.41, 5.74) is 3.40. The summed E-state index contributed by atoms with van der Waals surface area (Å²) in [6.45, 7) is 5.15. The molecule has 0 spiro atoms. The van der Waals surface area contributed by atoms with Gasteiger partial charge in [-0.05, 0) is 48.9 Å². The molecule has 2 heterocycles. The number of benzene rings is 2. The van der Waals surface area contributed by atoms with E-state index in [1.165, 1.54) is 6.08 Å². The molecule has 4 rings (SSSR count). The van der Waals surface area contributed by atoms with Crippen molar-refractivity contribution in [3.8, 4) is 5.75 Å². The van der Waals surface area contributed by atoms with Gasteiger partial charge in [-0.25, -0.2) is 4.98 Å². The Morgan fingerprint density at radius 3 is 2.71 bits per heavy atom. The van der Waals surface area contributed by atoms with E-state index < -0.39 is 10.8 Å². The Bertz CT molecular complexity index is 1250. The van der Waals surface area contributed by atoms with E-state index in [0.717, 1.165) is 28.4 Å². The Kier molecular flexibility index (Phi) is 7.74. The largest absolute Gasteiger partial charge is 0.491 e. The van der Waals surface area contributed by atoms with Crippen LogP contribution in [0.1, 0.15) is 5.56 Å². The zero-order valence-corrected chi connectivity index (χ0v) is 20.4. The average Bonchev–Trinajstić information content (AvgIpc) is 3.30. The van der Waals surface area contributed by atoms with Crippen LogP contribution in [0.25, 0.3) is 0 Å². The van der Waals surface area contributed by atoms with Crippen LogP contribution in [0.2, 0.25) is 0 Å². The van der Waals surface area contributed by atoms with Crippen LogP contribution >= 0.6 is 0 Å². The molecule has 1 aliphatic heterocycles. The molecule has 35 heavy (non-hydrogen) atoms. The lowest BCUT2D eigenvalue weighted by Gasteiger charge is -2.17. The number of rotatable bonds is 10. The Morgan fingerprint density at radius 2 is 2.00 bits per heavy atom. The highest BCUT2D eigenvalue weighted by Crippen LogP contribution is 2.36. The van der Waals surface area contributed by atoms with Crippen molar-refractivity contribution in [3.05, 3.63) is 66.9 Å². The van der Waals surface area contributed by atoms with Crippen molar-refractivity contribution in [3.63, 3.8) is 0 Å². The maximum absolute atomic E-state index is 12.4. The van der Waals surface area contributed by atoms with E-state index in [-0.39, 0.29) is 5.91 Å². The number of amides is 1. The zero-order chi connectivity index (χ0) is 24.8. The van der Waals surface area contributed by atoms with E-state index >= 15 is 0 Å². The van der Waals surface area contributed by atoms with Crippen LogP contribution in [-0.2, 0) is 26.8 Å². The highest BCUT2D eigenvalue weighted by Gasteiger charge is 2.25. The monoisotopic (exact) mass is 493 g/mol. The van der Waals surface area contributed by atoms with Gasteiger partial charge in [-0.2, -0.15) is 4.98 Å². The van der Waals surface area contributed by atoms with Gasteiger partial charge < -0.3 is 25.0 Å². The zero-order valence-electron chi connectivity index (χ0n) is 19.6.